The molecule has 9 nitrogen and oxygen atoms in total. The predicted octanol–water partition coefficient (Wildman–Crippen LogP) is 2.88. The molecule has 3 rings (SSSR count). The van der Waals surface area contributed by atoms with Crippen LogP contribution in [0.3, 0.4) is 0 Å². The molecule has 0 spiro atoms. The number of carbonyl (C=O) groups excluding carboxylic acids is 2. The van der Waals surface area contributed by atoms with E-state index in [9.17, 15) is 18.0 Å². The molecule has 0 bridgehead atoms. The molecule has 1 saturated heterocycles. The molecule has 0 amide bonds. The van der Waals surface area contributed by atoms with Gasteiger partial charge in [-0.1, -0.05) is 15.9 Å². The van der Waals surface area contributed by atoms with Crippen molar-refractivity contribution < 1.29 is 27.5 Å². The van der Waals surface area contributed by atoms with Crippen molar-refractivity contribution in [1.82, 2.24) is 13.8 Å². The standard InChI is InChI=1S/C24H32BrN3O6S/c1-5-28-18(3)22(17(2)23(28)24(30)33-4)21(29)16-27(11-10-26-12-14-34-15-13-26)35(31,32)20-8-6-19(25)7-9-20/h6-9H,5,10-16H2,1-4H3. The summed E-state index contributed by atoms with van der Waals surface area (Å²) in [6, 6.07) is 6.36. The van der Waals surface area contributed by atoms with E-state index in [0.717, 1.165) is 4.47 Å². The molecule has 1 fully saturated rings. The van der Waals surface area contributed by atoms with Crippen LogP contribution >= 0.6 is 15.9 Å². The van der Waals surface area contributed by atoms with Crippen LogP contribution in [0.15, 0.2) is 33.6 Å². The van der Waals surface area contributed by atoms with E-state index < -0.39 is 16.0 Å². The van der Waals surface area contributed by atoms with Crippen LogP contribution in [0.5, 0.6) is 0 Å². The van der Waals surface area contributed by atoms with Crippen molar-refractivity contribution in [2.45, 2.75) is 32.2 Å². The van der Waals surface area contributed by atoms with Gasteiger partial charge in [0.1, 0.15) is 5.69 Å². The number of hydrogen-bond acceptors (Lipinski definition) is 7. The number of aromatic nitrogens is 1. The van der Waals surface area contributed by atoms with Crippen molar-refractivity contribution in [3.63, 3.8) is 0 Å². The highest BCUT2D eigenvalue weighted by molar-refractivity contribution is 9.10. The number of halogens is 1. The molecule has 0 atom stereocenters. The fraction of sp³-hybridized carbons (Fsp3) is 0.500. The first kappa shape index (κ1) is 27.5. The number of hydrogen-bond donors (Lipinski definition) is 0. The summed E-state index contributed by atoms with van der Waals surface area (Å²) in [5.41, 5.74) is 1.78. The first-order chi connectivity index (χ1) is 16.6. The minimum absolute atomic E-state index is 0.116. The number of carbonyl (C=O) groups is 2. The summed E-state index contributed by atoms with van der Waals surface area (Å²) >= 11 is 3.33. The maximum absolute atomic E-state index is 13.6. The van der Waals surface area contributed by atoms with E-state index in [1.165, 1.54) is 23.5 Å². The minimum atomic E-state index is -3.94. The molecule has 2 heterocycles. The Morgan fingerprint density at radius 1 is 1.14 bits per heavy atom. The zero-order chi connectivity index (χ0) is 25.8. The van der Waals surface area contributed by atoms with E-state index in [1.807, 2.05) is 6.92 Å². The van der Waals surface area contributed by atoms with Crippen molar-refractivity contribution in [2.24, 2.45) is 0 Å². The van der Waals surface area contributed by atoms with Crippen LogP contribution in [0.1, 0.15) is 39.0 Å². The van der Waals surface area contributed by atoms with Gasteiger partial charge in [-0.05, 0) is 50.6 Å². The van der Waals surface area contributed by atoms with E-state index in [2.05, 4.69) is 20.8 Å². The summed E-state index contributed by atoms with van der Waals surface area (Å²) in [4.78, 5) is 28.2. The Bertz CT molecular complexity index is 1170. The Morgan fingerprint density at radius 3 is 2.34 bits per heavy atom. The molecule has 11 heteroatoms. The number of morpholine rings is 1. The van der Waals surface area contributed by atoms with Crippen LogP contribution in [0.4, 0.5) is 0 Å². The van der Waals surface area contributed by atoms with E-state index in [0.29, 0.717) is 61.9 Å². The molecule has 1 aromatic heterocycles. The molecule has 35 heavy (non-hydrogen) atoms. The summed E-state index contributed by atoms with van der Waals surface area (Å²) in [6.07, 6.45) is 0. The molecule has 0 aliphatic carbocycles. The molecule has 0 saturated carbocycles. The number of ketones is 1. The van der Waals surface area contributed by atoms with Gasteiger partial charge in [0.25, 0.3) is 0 Å². The molecule has 1 aliphatic rings. The third-order valence-electron chi connectivity index (χ3n) is 6.28. The van der Waals surface area contributed by atoms with Gasteiger partial charge >= 0.3 is 5.97 Å². The van der Waals surface area contributed by atoms with Gasteiger partial charge in [-0.3, -0.25) is 9.69 Å². The van der Waals surface area contributed by atoms with Gasteiger partial charge in [-0.25, -0.2) is 13.2 Å². The van der Waals surface area contributed by atoms with Crippen molar-refractivity contribution in [3.8, 4) is 0 Å². The van der Waals surface area contributed by atoms with Gasteiger partial charge in [0.15, 0.2) is 5.78 Å². The summed E-state index contributed by atoms with van der Waals surface area (Å²) in [6.45, 7) is 8.71. The molecular weight excluding hydrogens is 538 g/mol. The normalized spacial score (nSPS) is 14.9. The van der Waals surface area contributed by atoms with Gasteiger partial charge < -0.3 is 14.0 Å². The second-order valence-corrected chi connectivity index (χ2v) is 11.2. The lowest BCUT2D eigenvalue weighted by Crippen LogP contribution is -2.44. The Kier molecular flexibility index (Phi) is 9.28. The quantitative estimate of drug-likeness (QED) is 0.320. The van der Waals surface area contributed by atoms with E-state index in [4.69, 9.17) is 9.47 Å². The van der Waals surface area contributed by atoms with Gasteiger partial charge in [-0.15, -0.1) is 0 Å². The topological polar surface area (TPSA) is 98.2 Å². The van der Waals surface area contributed by atoms with Crippen LogP contribution in [0, 0.1) is 13.8 Å². The Balaban J connectivity index is 1.95. The van der Waals surface area contributed by atoms with Crippen LogP contribution in [-0.4, -0.2) is 87.0 Å². The van der Waals surface area contributed by atoms with Gasteiger partial charge in [0.05, 0.1) is 31.8 Å². The third-order valence-corrected chi connectivity index (χ3v) is 8.67. The van der Waals surface area contributed by atoms with Crippen molar-refractivity contribution in [2.75, 3.05) is 53.0 Å². The predicted molar refractivity (Wildman–Crippen MR) is 135 cm³/mol. The molecule has 0 N–H and O–H groups in total. The monoisotopic (exact) mass is 569 g/mol. The van der Waals surface area contributed by atoms with Crippen molar-refractivity contribution >= 4 is 37.7 Å². The van der Waals surface area contributed by atoms with Crippen LogP contribution in [0.2, 0.25) is 0 Å². The summed E-state index contributed by atoms with van der Waals surface area (Å²) in [7, 11) is -2.65. The fourth-order valence-corrected chi connectivity index (χ4v) is 6.07. The molecule has 0 unspecified atom stereocenters. The Hall–Kier alpha value is -2.05. The first-order valence-electron chi connectivity index (χ1n) is 11.5. The lowest BCUT2D eigenvalue weighted by atomic mass is 10.1. The smallest absolute Gasteiger partial charge is 0.354 e. The lowest BCUT2D eigenvalue weighted by Gasteiger charge is -2.29. The number of methoxy groups -OCH3 is 1. The van der Waals surface area contributed by atoms with Gasteiger partial charge in [-0.2, -0.15) is 4.31 Å². The highest BCUT2D eigenvalue weighted by Crippen LogP contribution is 2.25. The highest BCUT2D eigenvalue weighted by atomic mass is 79.9. The number of Topliss-reactive ketones (excluding diaryl/α,β-unsaturated/α-hetero) is 1. The molecule has 0 radical (unpaired) electrons. The van der Waals surface area contributed by atoms with Crippen molar-refractivity contribution in [3.05, 3.63) is 51.3 Å². The molecule has 1 aromatic carbocycles. The van der Waals surface area contributed by atoms with E-state index in [-0.39, 0.29) is 23.8 Å². The number of rotatable bonds is 10. The Morgan fingerprint density at radius 2 is 1.77 bits per heavy atom. The van der Waals surface area contributed by atoms with Crippen LogP contribution < -0.4 is 0 Å². The third kappa shape index (κ3) is 6.03. The molecule has 1 aliphatic heterocycles. The number of ether oxygens (including phenoxy) is 2. The minimum Gasteiger partial charge on any atom is -0.464 e. The van der Waals surface area contributed by atoms with Crippen molar-refractivity contribution in [1.29, 1.82) is 0 Å². The molecular formula is C24H32BrN3O6S. The number of benzene rings is 1. The second-order valence-electron chi connectivity index (χ2n) is 8.34. The average Bonchev–Trinajstić information content (AvgIpc) is 3.11. The second kappa shape index (κ2) is 11.8. The maximum atomic E-state index is 13.6. The average molecular weight is 571 g/mol. The number of nitrogens with zero attached hydrogens (tertiary/aromatic N) is 3. The summed E-state index contributed by atoms with van der Waals surface area (Å²) in [5.74, 6) is -0.891. The summed E-state index contributed by atoms with van der Waals surface area (Å²) in [5, 5.41) is 0. The molecule has 192 valence electrons. The van der Waals surface area contributed by atoms with E-state index in [1.54, 1.807) is 30.5 Å². The van der Waals surface area contributed by atoms with E-state index >= 15 is 0 Å². The first-order valence-corrected chi connectivity index (χ1v) is 13.7. The van der Waals surface area contributed by atoms with Crippen LogP contribution in [0.25, 0.3) is 0 Å². The van der Waals surface area contributed by atoms with Gasteiger partial charge in [0.2, 0.25) is 10.0 Å². The van der Waals surface area contributed by atoms with Gasteiger partial charge in [0, 0.05) is 48.5 Å². The largest absolute Gasteiger partial charge is 0.464 e. The maximum Gasteiger partial charge on any atom is 0.354 e. The zero-order valence-corrected chi connectivity index (χ0v) is 22.9. The fourth-order valence-electron chi connectivity index (χ4n) is 4.42. The lowest BCUT2D eigenvalue weighted by molar-refractivity contribution is 0.0362. The SMILES string of the molecule is CCn1c(C)c(C(=O)CN(CCN2CCOCC2)S(=O)(=O)c2ccc(Br)cc2)c(C)c1C(=O)OC. The number of esters is 1. The highest BCUT2D eigenvalue weighted by Gasteiger charge is 2.31. The zero-order valence-electron chi connectivity index (χ0n) is 20.5. The Labute approximate surface area is 215 Å². The van der Waals surface area contributed by atoms with Crippen LogP contribution in [-0.2, 0) is 26.0 Å². The summed E-state index contributed by atoms with van der Waals surface area (Å²) < 4.78 is 41.2. The molecule has 2 aromatic rings. The number of sulfonamides is 1.